The number of para-hydroxylation sites is 1. The summed E-state index contributed by atoms with van der Waals surface area (Å²) in [6.07, 6.45) is 4.07. The van der Waals surface area contributed by atoms with E-state index in [0.29, 0.717) is 24.1 Å². The fourth-order valence-corrected chi connectivity index (χ4v) is 2.89. The minimum absolute atomic E-state index is 0.00439. The first-order chi connectivity index (χ1) is 13.6. The number of carbonyl (C=O) groups is 2. The standard InChI is InChI=1S/C22H19N3O3/c1-28-22(27)16-8-6-15(7-9-16)12-18(13-23)21(26)24-11-10-17-14-25-20-5-3-2-4-19(17)20/h2-9,12,14,25H,10-11H2,1H3,(H,24,26)/b18-12-. The Labute approximate surface area is 162 Å². The Morgan fingerprint density at radius 1 is 1.18 bits per heavy atom. The van der Waals surface area contributed by atoms with Crippen molar-refractivity contribution in [3.8, 4) is 6.07 Å². The summed E-state index contributed by atoms with van der Waals surface area (Å²) in [5.41, 5.74) is 3.22. The number of aromatic nitrogens is 1. The maximum atomic E-state index is 12.3. The van der Waals surface area contributed by atoms with Gasteiger partial charge in [-0.15, -0.1) is 0 Å². The first-order valence-corrected chi connectivity index (χ1v) is 8.75. The third kappa shape index (κ3) is 4.27. The van der Waals surface area contributed by atoms with Gasteiger partial charge in [0, 0.05) is 23.6 Å². The van der Waals surface area contributed by atoms with Crippen LogP contribution >= 0.6 is 0 Å². The maximum Gasteiger partial charge on any atom is 0.337 e. The van der Waals surface area contributed by atoms with Crippen LogP contribution in [0.2, 0.25) is 0 Å². The largest absolute Gasteiger partial charge is 0.465 e. The highest BCUT2D eigenvalue weighted by atomic mass is 16.5. The molecule has 0 spiro atoms. The van der Waals surface area contributed by atoms with E-state index in [1.165, 1.54) is 13.2 Å². The van der Waals surface area contributed by atoms with E-state index in [4.69, 9.17) is 0 Å². The molecule has 0 radical (unpaired) electrons. The van der Waals surface area contributed by atoms with Crippen LogP contribution in [0.5, 0.6) is 0 Å². The third-order valence-electron chi connectivity index (χ3n) is 4.36. The van der Waals surface area contributed by atoms with Crippen LogP contribution < -0.4 is 5.32 Å². The summed E-state index contributed by atoms with van der Waals surface area (Å²) in [5, 5.41) is 13.2. The number of benzene rings is 2. The summed E-state index contributed by atoms with van der Waals surface area (Å²) in [4.78, 5) is 27.0. The van der Waals surface area contributed by atoms with Gasteiger partial charge >= 0.3 is 5.97 Å². The van der Waals surface area contributed by atoms with E-state index in [2.05, 4.69) is 15.0 Å². The van der Waals surface area contributed by atoms with Crippen LogP contribution in [-0.2, 0) is 16.0 Å². The second-order valence-electron chi connectivity index (χ2n) is 6.15. The van der Waals surface area contributed by atoms with Gasteiger partial charge in [0.2, 0.25) is 0 Å². The summed E-state index contributed by atoms with van der Waals surface area (Å²) >= 11 is 0. The lowest BCUT2D eigenvalue weighted by Crippen LogP contribution is -2.26. The number of esters is 1. The number of hydrogen-bond acceptors (Lipinski definition) is 4. The van der Waals surface area contributed by atoms with Crippen LogP contribution in [0, 0.1) is 11.3 Å². The Balaban J connectivity index is 1.62. The fraction of sp³-hybridized carbons (Fsp3) is 0.136. The molecule has 0 saturated carbocycles. The molecule has 1 heterocycles. The average molecular weight is 373 g/mol. The number of hydrogen-bond donors (Lipinski definition) is 2. The minimum Gasteiger partial charge on any atom is -0.465 e. The molecular weight excluding hydrogens is 354 g/mol. The van der Waals surface area contributed by atoms with Crippen molar-refractivity contribution in [2.75, 3.05) is 13.7 Å². The smallest absolute Gasteiger partial charge is 0.337 e. The minimum atomic E-state index is -0.439. The lowest BCUT2D eigenvalue weighted by Gasteiger charge is -2.04. The zero-order chi connectivity index (χ0) is 19.9. The molecule has 6 heteroatoms. The summed E-state index contributed by atoms with van der Waals surface area (Å²) in [5.74, 6) is -0.870. The number of ether oxygens (including phenoxy) is 1. The predicted octanol–water partition coefficient (Wildman–Crippen LogP) is 3.22. The molecule has 6 nitrogen and oxygen atoms in total. The summed E-state index contributed by atoms with van der Waals surface area (Å²) in [6.45, 7) is 0.418. The van der Waals surface area contributed by atoms with E-state index < -0.39 is 11.9 Å². The van der Waals surface area contributed by atoms with Gasteiger partial charge in [-0.1, -0.05) is 30.3 Å². The summed E-state index contributed by atoms with van der Waals surface area (Å²) in [7, 11) is 1.31. The van der Waals surface area contributed by atoms with Crippen LogP contribution in [0.25, 0.3) is 17.0 Å². The van der Waals surface area contributed by atoms with E-state index in [1.807, 2.05) is 36.5 Å². The second-order valence-corrected chi connectivity index (χ2v) is 6.15. The molecule has 3 aromatic rings. The molecule has 140 valence electrons. The van der Waals surface area contributed by atoms with Crippen LogP contribution in [0.15, 0.2) is 60.3 Å². The molecule has 3 rings (SSSR count). The number of nitrogens with zero attached hydrogens (tertiary/aromatic N) is 1. The maximum absolute atomic E-state index is 12.3. The molecule has 2 N–H and O–H groups in total. The lowest BCUT2D eigenvalue weighted by molar-refractivity contribution is -0.117. The number of fused-ring (bicyclic) bond motifs is 1. The van der Waals surface area contributed by atoms with Crippen molar-refractivity contribution in [3.63, 3.8) is 0 Å². The molecule has 2 aromatic carbocycles. The SMILES string of the molecule is COC(=O)c1ccc(/C=C(/C#N)C(=O)NCCc2c[nH]c3ccccc23)cc1. The van der Waals surface area contributed by atoms with Crippen molar-refractivity contribution >= 4 is 28.9 Å². The Hall–Kier alpha value is -3.85. The van der Waals surface area contributed by atoms with Crippen molar-refractivity contribution in [2.45, 2.75) is 6.42 Å². The van der Waals surface area contributed by atoms with Crippen LogP contribution in [0.3, 0.4) is 0 Å². The summed E-state index contributed by atoms with van der Waals surface area (Å²) in [6, 6.07) is 16.4. The molecule has 1 amide bonds. The molecule has 0 unspecified atom stereocenters. The molecular formula is C22H19N3O3. The molecule has 0 atom stereocenters. The number of amides is 1. The third-order valence-corrected chi connectivity index (χ3v) is 4.36. The zero-order valence-corrected chi connectivity index (χ0v) is 15.4. The monoisotopic (exact) mass is 373 g/mol. The number of aromatic amines is 1. The highest BCUT2D eigenvalue weighted by Crippen LogP contribution is 2.17. The average Bonchev–Trinajstić information content (AvgIpc) is 3.15. The van der Waals surface area contributed by atoms with E-state index >= 15 is 0 Å². The molecule has 0 aliphatic heterocycles. The molecule has 0 bridgehead atoms. The Morgan fingerprint density at radius 3 is 2.64 bits per heavy atom. The number of nitriles is 1. The van der Waals surface area contributed by atoms with E-state index in [-0.39, 0.29) is 5.57 Å². The quantitative estimate of drug-likeness (QED) is 0.394. The molecule has 1 aromatic heterocycles. The topological polar surface area (TPSA) is 95.0 Å². The first kappa shape index (κ1) is 18.9. The van der Waals surface area contributed by atoms with Crippen molar-refractivity contribution in [1.29, 1.82) is 5.26 Å². The Kier molecular flexibility index (Phi) is 5.87. The van der Waals surface area contributed by atoms with Crippen LogP contribution in [-0.4, -0.2) is 30.5 Å². The first-order valence-electron chi connectivity index (χ1n) is 8.75. The number of rotatable bonds is 6. The second kappa shape index (κ2) is 8.69. The zero-order valence-electron chi connectivity index (χ0n) is 15.4. The van der Waals surface area contributed by atoms with Crippen LogP contribution in [0.4, 0.5) is 0 Å². The Morgan fingerprint density at radius 2 is 1.93 bits per heavy atom. The number of carbonyl (C=O) groups excluding carboxylic acids is 2. The van der Waals surface area contributed by atoms with Crippen molar-refractivity contribution in [2.24, 2.45) is 0 Å². The van der Waals surface area contributed by atoms with Crippen molar-refractivity contribution in [3.05, 3.63) is 77.0 Å². The Bertz CT molecular complexity index is 1070. The van der Waals surface area contributed by atoms with E-state index in [0.717, 1.165) is 16.5 Å². The van der Waals surface area contributed by atoms with Crippen molar-refractivity contribution in [1.82, 2.24) is 10.3 Å². The van der Waals surface area contributed by atoms with Gasteiger partial charge in [0.1, 0.15) is 11.6 Å². The number of H-pyrrole nitrogens is 1. The molecule has 0 saturated heterocycles. The molecule has 0 fully saturated rings. The van der Waals surface area contributed by atoms with Gasteiger partial charge in [-0.2, -0.15) is 5.26 Å². The van der Waals surface area contributed by atoms with E-state index in [1.54, 1.807) is 24.3 Å². The van der Waals surface area contributed by atoms with Crippen molar-refractivity contribution < 1.29 is 14.3 Å². The molecule has 0 aliphatic carbocycles. The predicted molar refractivity (Wildman–Crippen MR) is 106 cm³/mol. The van der Waals surface area contributed by atoms with Gasteiger partial charge in [0.15, 0.2) is 0 Å². The van der Waals surface area contributed by atoms with Gasteiger partial charge < -0.3 is 15.0 Å². The van der Waals surface area contributed by atoms with Gasteiger partial charge in [0.05, 0.1) is 12.7 Å². The van der Waals surface area contributed by atoms with E-state index in [9.17, 15) is 14.9 Å². The fourth-order valence-electron chi connectivity index (χ4n) is 2.89. The number of nitrogens with one attached hydrogen (secondary N) is 2. The molecule has 0 aliphatic rings. The summed E-state index contributed by atoms with van der Waals surface area (Å²) < 4.78 is 4.65. The van der Waals surface area contributed by atoms with Crippen LogP contribution in [0.1, 0.15) is 21.5 Å². The number of methoxy groups -OCH3 is 1. The normalized spacial score (nSPS) is 11.1. The van der Waals surface area contributed by atoms with Gasteiger partial charge in [-0.25, -0.2) is 4.79 Å². The lowest BCUT2D eigenvalue weighted by atomic mass is 10.1. The highest BCUT2D eigenvalue weighted by Gasteiger charge is 2.10. The van der Waals surface area contributed by atoms with Gasteiger partial charge in [-0.3, -0.25) is 4.79 Å². The van der Waals surface area contributed by atoms with Gasteiger partial charge in [-0.05, 0) is 41.8 Å². The molecule has 28 heavy (non-hydrogen) atoms. The van der Waals surface area contributed by atoms with Gasteiger partial charge in [0.25, 0.3) is 5.91 Å². The highest BCUT2D eigenvalue weighted by molar-refractivity contribution is 6.01.